The molecule has 0 aliphatic heterocycles. The van der Waals surface area contributed by atoms with Gasteiger partial charge < -0.3 is 10.5 Å². The molecule has 0 bridgehead atoms. The van der Waals surface area contributed by atoms with E-state index < -0.39 is 6.08 Å². The molecule has 96 valence electrons. The molecule has 0 saturated carbocycles. The Hall–Kier alpha value is -2.70. The van der Waals surface area contributed by atoms with E-state index in [1.54, 1.807) is 17.7 Å². The number of methoxy groups -OCH3 is 1. The van der Waals surface area contributed by atoms with Crippen LogP contribution in [-0.2, 0) is 0 Å². The summed E-state index contributed by atoms with van der Waals surface area (Å²) in [5.41, 5.74) is 7.05. The third kappa shape index (κ3) is 1.85. The number of benzene rings is 1. The highest BCUT2D eigenvalue weighted by Crippen LogP contribution is 2.22. The smallest absolute Gasteiger partial charge is 0.312 e. The van der Waals surface area contributed by atoms with Crippen LogP contribution in [0, 0.1) is 6.08 Å². The molecule has 0 amide bonds. The molecular weight excluding hydrogens is 249 g/mol. The highest BCUT2D eigenvalue weighted by molar-refractivity contribution is 5.82. The van der Waals surface area contributed by atoms with Gasteiger partial charge in [0.2, 0.25) is 0 Å². The Morgan fingerprint density at radius 1 is 1.32 bits per heavy atom. The number of halogens is 1. The zero-order valence-electron chi connectivity index (χ0n) is 10.0. The van der Waals surface area contributed by atoms with Crippen LogP contribution in [0.4, 0.5) is 10.2 Å². The van der Waals surface area contributed by atoms with Crippen LogP contribution in [0.5, 0.6) is 5.75 Å². The number of fused-ring (bicyclic) bond motifs is 1. The van der Waals surface area contributed by atoms with Gasteiger partial charge in [0, 0.05) is 6.07 Å². The lowest BCUT2D eigenvalue weighted by molar-refractivity contribution is 0.414. The van der Waals surface area contributed by atoms with Gasteiger partial charge in [0.15, 0.2) is 17.0 Å². The molecule has 2 aromatic heterocycles. The third-order valence-corrected chi connectivity index (χ3v) is 2.73. The van der Waals surface area contributed by atoms with Crippen LogP contribution in [0.3, 0.4) is 0 Å². The zero-order valence-corrected chi connectivity index (χ0v) is 10.0. The molecule has 1 aromatic carbocycles. The first-order valence-electron chi connectivity index (χ1n) is 5.49. The minimum atomic E-state index is -0.880. The van der Waals surface area contributed by atoms with Crippen LogP contribution in [0.2, 0.25) is 0 Å². The molecule has 6 nitrogen and oxygen atoms in total. The zero-order chi connectivity index (χ0) is 13.4. The largest absolute Gasteiger partial charge is 0.497 e. The molecule has 0 radical (unpaired) electrons. The number of hydrogen-bond acceptors (Lipinski definition) is 5. The van der Waals surface area contributed by atoms with E-state index >= 15 is 0 Å². The summed E-state index contributed by atoms with van der Waals surface area (Å²) < 4.78 is 20.0. The van der Waals surface area contributed by atoms with Gasteiger partial charge >= 0.3 is 6.08 Å². The van der Waals surface area contributed by atoms with Gasteiger partial charge in [-0.15, -0.1) is 0 Å². The third-order valence-electron chi connectivity index (χ3n) is 2.73. The maximum Gasteiger partial charge on any atom is 0.312 e. The molecular formula is C12H10FN5O. The molecule has 0 atom stereocenters. The first-order chi connectivity index (χ1) is 9.19. The lowest BCUT2D eigenvalue weighted by atomic mass is 10.3. The second-order valence-corrected chi connectivity index (χ2v) is 3.87. The van der Waals surface area contributed by atoms with E-state index in [4.69, 9.17) is 10.5 Å². The van der Waals surface area contributed by atoms with E-state index in [1.807, 2.05) is 18.2 Å². The lowest BCUT2D eigenvalue weighted by Gasteiger charge is -2.06. The van der Waals surface area contributed by atoms with Crippen LogP contribution < -0.4 is 10.5 Å². The number of ether oxygens (including phenoxy) is 1. The Balaban J connectivity index is 2.25. The van der Waals surface area contributed by atoms with Crippen molar-refractivity contribution in [1.82, 2.24) is 19.5 Å². The summed E-state index contributed by atoms with van der Waals surface area (Å²) in [4.78, 5) is 11.3. The number of nitrogen functional groups attached to an aromatic ring is 1. The Kier molecular flexibility index (Phi) is 2.52. The van der Waals surface area contributed by atoms with Gasteiger partial charge in [-0.05, 0) is 12.1 Å². The maximum absolute atomic E-state index is 13.2. The number of nitrogens with zero attached hydrogens (tertiary/aromatic N) is 4. The number of aromatic nitrogens is 4. The summed E-state index contributed by atoms with van der Waals surface area (Å²) in [5.74, 6) is 0.700. The Morgan fingerprint density at radius 3 is 2.95 bits per heavy atom. The molecule has 0 aliphatic rings. The van der Waals surface area contributed by atoms with Gasteiger partial charge in [0.1, 0.15) is 12.1 Å². The number of nitrogens with two attached hydrogens (primary N) is 1. The van der Waals surface area contributed by atoms with Crippen molar-refractivity contribution in [3.63, 3.8) is 0 Å². The number of rotatable bonds is 2. The minimum absolute atomic E-state index is 0.0177. The van der Waals surface area contributed by atoms with E-state index in [1.165, 1.54) is 6.33 Å². The molecule has 0 saturated heterocycles. The quantitative estimate of drug-likeness (QED) is 0.706. The summed E-state index contributed by atoms with van der Waals surface area (Å²) in [6.45, 7) is 0. The Morgan fingerprint density at radius 2 is 2.16 bits per heavy atom. The van der Waals surface area contributed by atoms with Crippen LogP contribution in [0.1, 0.15) is 0 Å². The van der Waals surface area contributed by atoms with Crippen LogP contribution in [-0.4, -0.2) is 26.6 Å². The van der Waals surface area contributed by atoms with Crippen molar-refractivity contribution in [2.24, 2.45) is 0 Å². The van der Waals surface area contributed by atoms with Crippen LogP contribution >= 0.6 is 0 Å². The molecule has 0 fully saturated rings. The van der Waals surface area contributed by atoms with E-state index in [-0.39, 0.29) is 5.82 Å². The van der Waals surface area contributed by atoms with Crippen molar-refractivity contribution in [2.45, 2.75) is 0 Å². The second-order valence-electron chi connectivity index (χ2n) is 3.87. The van der Waals surface area contributed by atoms with Gasteiger partial charge in [0.05, 0.1) is 12.8 Å². The van der Waals surface area contributed by atoms with Gasteiger partial charge in [0.25, 0.3) is 0 Å². The molecule has 7 heteroatoms. The normalized spacial score (nSPS) is 10.8. The van der Waals surface area contributed by atoms with E-state index in [2.05, 4.69) is 15.0 Å². The highest BCUT2D eigenvalue weighted by Gasteiger charge is 2.12. The highest BCUT2D eigenvalue weighted by atomic mass is 19.1. The summed E-state index contributed by atoms with van der Waals surface area (Å²) in [6, 6.07) is 7.25. The number of hydrogen-bond donors (Lipinski definition) is 1. The summed E-state index contributed by atoms with van der Waals surface area (Å²) in [5, 5.41) is 0. The fraction of sp³-hybridized carbons (Fsp3) is 0.0833. The van der Waals surface area contributed by atoms with Gasteiger partial charge in [-0.25, -0.2) is 4.98 Å². The van der Waals surface area contributed by atoms with Crippen molar-refractivity contribution < 1.29 is 9.13 Å². The molecule has 0 aliphatic carbocycles. The summed E-state index contributed by atoms with van der Waals surface area (Å²) in [6.07, 6.45) is 0.638. The topological polar surface area (TPSA) is 78.9 Å². The fourth-order valence-corrected chi connectivity index (χ4v) is 1.84. The first-order valence-corrected chi connectivity index (χ1v) is 5.49. The van der Waals surface area contributed by atoms with Crippen LogP contribution in [0.15, 0.2) is 30.6 Å². The van der Waals surface area contributed by atoms with Gasteiger partial charge in [-0.2, -0.15) is 14.4 Å². The molecule has 19 heavy (non-hydrogen) atoms. The average Bonchev–Trinajstić information content (AvgIpc) is 2.82. The Labute approximate surface area is 107 Å². The van der Waals surface area contributed by atoms with Gasteiger partial charge in [-0.3, -0.25) is 4.57 Å². The maximum atomic E-state index is 13.2. The molecule has 2 heterocycles. The fourth-order valence-electron chi connectivity index (χ4n) is 1.84. The SMILES string of the molecule is COc1cccc(-n2cnc3c(N)nc(F)nc32)c1. The second kappa shape index (κ2) is 4.20. The summed E-state index contributed by atoms with van der Waals surface area (Å²) in [7, 11) is 1.57. The lowest BCUT2D eigenvalue weighted by Crippen LogP contribution is -2.01. The average molecular weight is 259 g/mol. The number of imidazole rings is 1. The van der Waals surface area contributed by atoms with E-state index in [0.717, 1.165) is 5.69 Å². The van der Waals surface area contributed by atoms with Crippen LogP contribution in [0.25, 0.3) is 16.9 Å². The molecule has 3 rings (SSSR count). The van der Waals surface area contributed by atoms with Crippen molar-refractivity contribution in [1.29, 1.82) is 0 Å². The van der Waals surface area contributed by atoms with E-state index in [9.17, 15) is 4.39 Å². The van der Waals surface area contributed by atoms with Crippen molar-refractivity contribution in [3.8, 4) is 11.4 Å². The summed E-state index contributed by atoms with van der Waals surface area (Å²) >= 11 is 0. The van der Waals surface area contributed by atoms with Gasteiger partial charge in [-0.1, -0.05) is 6.07 Å². The minimum Gasteiger partial charge on any atom is -0.497 e. The first kappa shape index (κ1) is 11.4. The molecule has 0 unspecified atom stereocenters. The Bertz CT molecular complexity index is 755. The van der Waals surface area contributed by atoms with E-state index in [0.29, 0.717) is 16.9 Å². The van der Waals surface area contributed by atoms with Crippen molar-refractivity contribution >= 4 is 17.0 Å². The predicted molar refractivity (Wildman–Crippen MR) is 67.6 cm³/mol. The molecule has 0 spiro atoms. The van der Waals surface area contributed by atoms with Crippen molar-refractivity contribution in [2.75, 3.05) is 12.8 Å². The predicted octanol–water partition coefficient (Wildman–Crippen LogP) is 1.55. The standard InChI is InChI=1S/C12H10FN5O/c1-19-8-4-2-3-7(5-8)18-6-15-9-10(14)16-12(13)17-11(9)18/h2-6H,1H3,(H2,14,16,17). The number of anilines is 1. The van der Waals surface area contributed by atoms with Crippen molar-refractivity contribution in [3.05, 3.63) is 36.7 Å². The molecule has 2 N–H and O–H groups in total. The monoisotopic (exact) mass is 259 g/mol. The molecule has 3 aromatic rings.